The highest BCUT2D eigenvalue weighted by molar-refractivity contribution is 5.82. The summed E-state index contributed by atoms with van der Waals surface area (Å²) in [5.41, 5.74) is 10.4. The van der Waals surface area contributed by atoms with Gasteiger partial charge in [-0.3, -0.25) is 0 Å². The summed E-state index contributed by atoms with van der Waals surface area (Å²) < 4.78 is 0. The molecule has 0 fully saturated rings. The molecule has 0 atom stereocenters. The Morgan fingerprint density at radius 2 is 1.88 bits per heavy atom. The quantitative estimate of drug-likeness (QED) is 0.532. The van der Waals surface area contributed by atoms with E-state index in [0.29, 0.717) is 0 Å². The predicted molar refractivity (Wildman–Crippen MR) is 72.2 cm³/mol. The summed E-state index contributed by atoms with van der Waals surface area (Å²) in [4.78, 5) is 0. The molecule has 0 saturated carbocycles. The Balaban J connectivity index is 2.05. The molecule has 0 bridgehead atoms. The molecular weight excluding hydrogens is 204 g/mol. The number of rotatable bonds is 0. The van der Waals surface area contributed by atoms with Gasteiger partial charge < -0.3 is 0 Å². The molecule has 0 heterocycles. The minimum absolute atomic E-state index is 1.10. The number of allylic oxidation sites excluding steroid dienone is 1. The van der Waals surface area contributed by atoms with Gasteiger partial charge in [0.25, 0.3) is 0 Å². The molecule has 2 aromatic rings. The topological polar surface area (TPSA) is 0 Å². The number of hydrogen-bond donors (Lipinski definition) is 0. The maximum Gasteiger partial charge on any atom is -0.00106 e. The summed E-state index contributed by atoms with van der Waals surface area (Å²) in [5, 5.41) is 0. The van der Waals surface area contributed by atoms with Gasteiger partial charge in [0.2, 0.25) is 0 Å². The van der Waals surface area contributed by atoms with Crippen LogP contribution in [0.2, 0.25) is 0 Å². The van der Waals surface area contributed by atoms with Crippen molar-refractivity contribution >= 4 is 6.08 Å². The summed E-state index contributed by atoms with van der Waals surface area (Å²) >= 11 is 0. The molecule has 17 heavy (non-hydrogen) atoms. The van der Waals surface area contributed by atoms with Crippen LogP contribution < -0.4 is 0 Å². The third kappa shape index (κ3) is 1.13. The van der Waals surface area contributed by atoms with Gasteiger partial charge in [-0.15, -0.1) is 0 Å². The van der Waals surface area contributed by atoms with Crippen molar-refractivity contribution in [3.63, 3.8) is 0 Å². The lowest BCUT2D eigenvalue weighted by molar-refractivity contribution is 1.19. The molecule has 82 valence electrons. The van der Waals surface area contributed by atoms with Gasteiger partial charge in [0.05, 0.1) is 0 Å². The minimum atomic E-state index is 1.10. The van der Waals surface area contributed by atoms with Crippen molar-refractivity contribution in [2.75, 3.05) is 0 Å². The summed E-state index contributed by atoms with van der Waals surface area (Å²) in [6.45, 7) is 2.28. The first-order valence-corrected chi connectivity index (χ1v) is 6.25. The van der Waals surface area contributed by atoms with E-state index in [1.165, 1.54) is 38.9 Å². The molecule has 0 unspecified atom stereocenters. The van der Waals surface area contributed by atoms with E-state index >= 15 is 0 Å². The minimum Gasteiger partial charge on any atom is -0.0795 e. The van der Waals surface area contributed by atoms with Crippen LogP contribution in [0.1, 0.15) is 27.8 Å². The van der Waals surface area contributed by atoms with Crippen LogP contribution in [0.3, 0.4) is 0 Å². The van der Waals surface area contributed by atoms with Gasteiger partial charge in [-0.1, -0.05) is 36.4 Å². The molecule has 2 aliphatic rings. The van der Waals surface area contributed by atoms with Crippen molar-refractivity contribution in [1.29, 1.82) is 0 Å². The Morgan fingerprint density at radius 1 is 1.00 bits per heavy atom. The van der Waals surface area contributed by atoms with Gasteiger partial charge in [-0.25, -0.2) is 0 Å². The van der Waals surface area contributed by atoms with Gasteiger partial charge in [0.15, 0.2) is 0 Å². The average molecular weight is 218 g/mol. The third-order valence-corrected chi connectivity index (χ3v) is 4.14. The van der Waals surface area contributed by atoms with Crippen LogP contribution >= 0.6 is 0 Å². The molecule has 4 rings (SSSR count). The van der Waals surface area contributed by atoms with Gasteiger partial charge >= 0.3 is 0 Å². The highest BCUT2D eigenvalue weighted by Crippen LogP contribution is 2.41. The lowest BCUT2D eigenvalue weighted by Crippen LogP contribution is -1.93. The Kier molecular flexibility index (Phi) is 1.69. The molecular formula is C17H14. The van der Waals surface area contributed by atoms with E-state index in [4.69, 9.17) is 0 Å². The summed E-state index contributed by atoms with van der Waals surface area (Å²) in [6.07, 6.45) is 6.77. The number of fused-ring (bicyclic) bond motifs is 4. The van der Waals surface area contributed by atoms with E-state index in [9.17, 15) is 0 Å². The fraction of sp³-hybridized carbons (Fsp3) is 0.176. The highest BCUT2D eigenvalue weighted by Gasteiger charge is 2.23. The maximum absolute atomic E-state index is 2.41. The summed E-state index contributed by atoms with van der Waals surface area (Å²) in [6, 6.07) is 11.2. The zero-order chi connectivity index (χ0) is 11.4. The molecule has 0 amide bonds. The van der Waals surface area contributed by atoms with Crippen molar-refractivity contribution in [2.45, 2.75) is 19.8 Å². The Labute approximate surface area is 102 Å². The molecule has 0 spiro atoms. The molecule has 0 aliphatic heterocycles. The molecule has 0 radical (unpaired) electrons. The normalized spacial score (nSPS) is 14.6. The van der Waals surface area contributed by atoms with Gasteiger partial charge in [-0.2, -0.15) is 0 Å². The second kappa shape index (κ2) is 3.10. The van der Waals surface area contributed by atoms with Crippen molar-refractivity contribution in [2.24, 2.45) is 0 Å². The van der Waals surface area contributed by atoms with E-state index in [1.807, 2.05) is 0 Å². The van der Waals surface area contributed by atoms with E-state index in [0.717, 1.165) is 12.8 Å². The van der Waals surface area contributed by atoms with Crippen LogP contribution in [-0.2, 0) is 12.8 Å². The molecule has 2 aliphatic carbocycles. The fourth-order valence-electron chi connectivity index (χ4n) is 3.24. The van der Waals surface area contributed by atoms with Gasteiger partial charge in [-0.05, 0) is 64.8 Å². The predicted octanol–water partition coefficient (Wildman–Crippen LogP) is 4.14. The Bertz CT molecular complexity index is 660. The molecule has 0 saturated heterocycles. The van der Waals surface area contributed by atoms with E-state index in [1.54, 1.807) is 0 Å². The van der Waals surface area contributed by atoms with Gasteiger partial charge in [0.1, 0.15) is 0 Å². The monoisotopic (exact) mass is 218 g/mol. The zero-order valence-electron chi connectivity index (χ0n) is 9.96. The first-order chi connectivity index (χ1) is 8.34. The standard InChI is InChI=1S/C17H14/c1-11-14-8-4-6-12(14)10-17-15-7-3-2-5-13(15)9-16(11)17/h2-5,7-8,10H,6,9H2,1H3. The van der Waals surface area contributed by atoms with Crippen molar-refractivity contribution in [1.82, 2.24) is 0 Å². The third-order valence-electron chi connectivity index (χ3n) is 4.14. The van der Waals surface area contributed by atoms with E-state index < -0.39 is 0 Å². The Morgan fingerprint density at radius 3 is 2.82 bits per heavy atom. The molecule has 0 aromatic heterocycles. The van der Waals surface area contributed by atoms with Gasteiger partial charge in [0, 0.05) is 0 Å². The van der Waals surface area contributed by atoms with Crippen molar-refractivity contribution < 1.29 is 0 Å². The van der Waals surface area contributed by atoms with Crippen LogP contribution in [0.15, 0.2) is 36.4 Å². The van der Waals surface area contributed by atoms with Crippen LogP contribution in [0.4, 0.5) is 0 Å². The van der Waals surface area contributed by atoms with Crippen LogP contribution in [0.5, 0.6) is 0 Å². The number of hydrogen-bond acceptors (Lipinski definition) is 0. The summed E-state index contributed by atoms with van der Waals surface area (Å²) in [7, 11) is 0. The maximum atomic E-state index is 2.41. The first-order valence-electron chi connectivity index (χ1n) is 6.25. The largest absolute Gasteiger partial charge is 0.0795 e. The lowest BCUT2D eigenvalue weighted by atomic mass is 9.94. The zero-order valence-corrected chi connectivity index (χ0v) is 9.96. The first kappa shape index (κ1) is 9.23. The highest BCUT2D eigenvalue weighted by atomic mass is 14.3. The second-order valence-electron chi connectivity index (χ2n) is 5.04. The number of benzene rings is 2. The smallest absolute Gasteiger partial charge is 0.00106 e. The van der Waals surface area contributed by atoms with Crippen molar-refractivity contribution in [3.8, 4) is 11.1 Å². The summed E-state index contributed by atoms with van der Waals surface area (Å²) in [5.74, 6) is 0. The second-order valence-corrected chi connectivity index (χ2v) is 5.04. The molecule has 0 N–H and O–H groups in total. The van der Waals surface area contributed by atoms with Crippen LogP contribution in [0.25, 0.3) is 17.2 Å². The fourth-order valence-corrected chi connectivity index (χ4v) is 3.24. The SMILES string of the molecule is Cc1c2c(cc3c1Cc1ccccc1-3)CC=C2. The molecule has 2 aromatic carbocycles. The van der Waals surface area contributed by atoms with Crippen LogP contribution in [0, 0.1) is 6.92 Å². The Hall–Kier alpha value is -1.82. The van der Waals surface area contributed by atoms with Crippen molar-refractivity contribution in [3.05, 3.63) is 64.2 Å². The van der Waals surface area contributed by atoms with E-state index in [-0.39, 0.29) is 0 Å². The lowest BCUT2D eigenvalue weighted by Gasteiger charge is -2.10. The molecule has 0 nitrogen and oxygen atoms in total. The average Bonchev–Trinajstić information content (AvgIpc) is 2.94. The van der Waals surface area contributed by atoms with Crippen LogP contribution in [-0.4, -0.2) is 0 Å². The molecule has 0 heteroatoms. The van der Waals surface area contributed by atoms with E-state index in [2.05, 4.69) is 49.4 Å².